The Morgan fingerprint density at radius 3 is 1.32 bits per heavy atom. The number of hydrogen-bond acceptors (Lipinski definition) is 14. The number of aliphatic hydroxyl groups is 8. The molecule has 11 rings (SSSR count). The fourth-order valence-electron chi connectivity index (χ4n) is 18.1. The normalized spacial score (nSPS) is 53.9. The van der Waals surface area contributed by atoms with E-state index in [1.54, 1.807) is 13.8 Å². The van der Waals surface area contributed by atoms with E-state index in [9.17, 15) is 40.9 Å². The van der Waals surface area contributed by atoms with Crippen molar-refractivity contribution < 1.29 is 59.8 Å². The molecule has 14 nitrogen and oxygen atoms in total. The number of allylic oxidation sites excluding steroid dienone is 2. The molecule has 3 heterocycles. The quantitative estimate of drug-likeness (QED) is 0.190. The van der Waals surface area contributed by atoms with Crippen LogP contribution in [0.15, 0.2) is 23.3 Å². The van der Waals surface area contributed by atoms with E-state index in [4.69, 9.17) is 28.9 Å². The van der Waals surface area contributed by atoms with Gasteiger partial charge < -0.3 is 59.8 Å². The van der Waals surface area contributed by atoms with E-state index in [2.05, 4.69) is 39.8 Å². The first-order chi connectivity index (χ1) is 32.3. The first-order valence-corrected chi connectivity index (χ1v) is 26.5. The number of nitrogens with zero attached hydrogens (tertiary/aromatic N) is 2. The van der Waals surface area contributed by atoms with Gasteiger partial charge in [0.2, 0.25) is 0 Å². The van der Waals surface area contributed by atoms with Gasteiger partial charge in [-0.25, -0.2) is 0 Å². The zero-order valence-electron chi connectivity index (χ0n) is 41.1. The summed E-state index contributed by atoms with van der Waals surface area (Å²) in [6.45, 7) is 13.3. The van der Waals surface area contributed by atoms with Gasteiger partial charge in [-0.2, -0.15) is 0 Å². The van der Waals surface area contributed by atoms with Gasteiger partial charge in [-0.15, -0.1) is 0 Å². The lowest BCUT2D eigenvalue weighted by Gasteiger charge is -2.62. The highest BCUT2D eigenvalue weighted by Gasteiger charge is 2.64. The van der Waals surface area contributed by atoms with E-state index in [0.29, 0.717) is 48.3 Å². The van der Waals surface area contributed by atoms with E-state index in [0.717, 1.165) is 99.8 Å². The molecule has 0 unspecified atom stereocenters. The highest BCUT2D eigenvalue weighted by atomic mass is 16.7. The number of ether oxygens (including phenoxy) is 4. The molecule has 2 saturated heterocycles. The van der Waals surface area contributed by atoms with Crippen molar-refractivity contribution in [3.8, 4) is 0 Å². The summed E-state index contributed by atoms with van der Waals surface area (Å²) in [5, 5.41) is 86.6. The van der Waals surface area contributed by atoms with Gasteiger partial charge in [0.05, 0.1) is 60.4 Å². The van der Waals surface area contributed by atoms with Gasteiger partial charge in [0.15, 0.2) is 12.6 Å². The lowest BCUT2D eigenvalue weighted by molar-refractivity contribution is -0.290. The molecule has 0 aromatic carbocycles. The monoisotopic (exact) mass is 949 g/mol. The molecule has 8 fully saturated rings. The molecule has 2 aliphatic heterocycles. The minimum absolute atomic E-state index is 0.0813. The van der Waals surface area contributed by atoms with Gasteiger partial charge >= 0.3 is 0 Å². The lowest BCUT2D eigenvalue weighted by atomic mass is 9.44. The number of aromatic nitrogens is 2. The Bertz CT molecular complexity index is 2010. The third-order valence-corrected chi connectivity index (χ3v) is 21.7. The third-order valence-electron chi connectivity index (χ3n) is 21.7. The summed E-state index contributed by atoms with van der Waals surface area (Å²) >= 11 is 0. The third kappa shape index (κ3) is 7.36. The maximum atomic E-state index is 12.4. The van der Waals surface area contributed by atoms with Crippen molar-refractivity contribution in [2.24, 2.45) is 69.0 Å². The van der Waals surface area contributed by atoms with Crippen molar-refractivity contribution in [1.29, 1.82) is 0 Å². The molecule has 6 saturated carbocycles. The van der Waals surface area contributed by atoms with Crippen LogP contribution in [0.4, 0.5) is 0 Å². The minimum Gasteiger partial charge on any atom is -0.393 e. The Hall–Kier alpha value is -1.92. The summed E-state index contributed by atoms with van der Waals surface area (Å²) in [7, 11) is 0. The van der Waals surface area contributed by atoms with Crippen LogP contribution < -0.4 is 0 Å². The number of aliphatic hydroxyl groups excluding tert-OH is 8. The summed E-state index contributed by atoms with van der Waals surface area (Å²) in [6, 6.07) is 0. The van der Waals surface area contributed by atoms with Crippen LogP contribution in [-0.4, -0.2) is 138 Å². The molecule has 68 heavy (non-hydrogen) atoms. The molecule has 14 heteroatoms. The predicted octanol–water partition coefficient (Wildman–Crippen LogP) is 3.87. The van der Waals surface area contributed by atoms with Gasteiger partial charge in [-0.05, 0) is 173 Å². The van der Waals surface area contributed by atoms with Gasteiger partial charge in [0, 0.05) is 0 Å². The van der Waals surface area contributed by atoms with Crippen LogP contribution in [0.2, 0.25) is 0 Å². The average Bonchev–Trinajstić information content (AvgIpc) is 3.80. The standard InChI is InChI=1S/C54H80N2O12/c1-25-43(59)45(61)47(63)49(67-25)65-17-15-27-9-13-33-31-11-7-29-19-35-37(21-53(29,5)41(31)39(57)23-51(27,33)3)55-36-20-30-8-12-32-34-14-10-28(16-18-66-50-48(64)46(62)44(60)26(2)68-50)52(34,4)24-40(58)42(32)54(30,6)22-38(36)56-35/h15-16,25-26,29-34,39-50,57-64H,7-14,17-24H2,1-6H3/b27-15+,28-16+/t25-,26-,29-,30-,31-,32-,33-,34-,39-,40-,41+,42+,43-,44-,45+,46+,47+,48+,49+,50+,51+,52+,53-,54-/m0/s1. The molecule has 8 N–H and O–H groups in total. The molecule has 10 aliphatic rings. The first-order valence-electron chi connectivity index (χ1n) is 26.5. The summed E-state index contributed by atoms with van der Waals surface area (Å²) in [6.07, 6.45) is 5.68. The zero-order chi connectivity index (χ0) is 48.0. The SMILES string of the molecule is C[C@@H]1O[C@@H](OC/C=C2\CC[C@H]3[C@@H]4CC[C@H]5Cc6nc7c(nc6C[C@]5(C)[C@H]4[C@@H](O)C[C@]23C)C[C@@H]2CC[C@@H]3[C@H]([C@@H](O)C[C@]4(C)/C(=C/CO[C@@H]5O[C@@H](C)[C@H](O)[C@@H](O)[C@H]5O)CC[C@@H]34)[C@@]2(C)C7)[C@H](O)[C@H](O)[C@H]1O. The van der Waals surface area contributed by atoms with Gasteiger partial charge in [-0.1, -0.05) is 51.0 Å². The van der Waals surface area contributed by atoms with E-state index in [1.807, 2.05) is 0 Å². The van der Waals surface area contributed by atoms with Crippen LogP contribution in [0.5, 0.6) is 0 Å². The molecule has 1 aromatic rings. The summed E-state index contributed by atoms with van der Waals surface area (Å²) in [5.74, 6) is 2.94. The van der Waals surface area contributed by atoms with Gasteiger partial charge in [0.1, 0.15) is 36.6 Å². The second kappa shape index (κ2) is 17.4. The van der Waals surface area contributed by atoms with Crippen molar-refractivity contribution in [2.75, 3.05) is 13.2 Å². The van der Waals surface area contributed by atoms with Crippen LogP contribution in [0, 0.1) is 69.0 Å². The van der Waals surface area contributed by atoms with E-state index < -0.39 is 73.6 Å². The molecule has 0 amide bonds. The summed E-state index contributed by atoms with van der Waals surface area (Å²) < 4.78 is 23.3. The molecule has 0 radical (unpaired) electrons. The Morgan fingerprint density at radius 2 is 0.926 bits per heavy atom. The molecular weight excluding hydrogens is 869 g/mol. The van der Waals surface area contributed by atoms with E-state index in [-0.39, 0.29) is 46.7 Å². The second-order valence-corrected chi connectivity index (χ2v) is 24.9. The molecule has 8 aliphatic carbocycles. The van der Waals surface area contributed by atoms with Crippen molar-refractivity contribution in [2.45, 2.75) is 205 Å². The van der Waals surface area contributed by atoms with Crippen LogP contribution in [0.3, 0.4) is 0 Å². The van der Waals surface area contributed by atoms with Gasteiger partial charge in [0.25, 0.3) is 0 Å². The Labute approximate surface area is 401 Å². The molecular formula is C54H80N2O12. The fraction of sp³-hybridized carbons (Fsp3) is 0.852. The number of fused-ring (bicyclic) bond motifs is 12. The van der Waals surface area contributed by atoms with E-state index >= 15 is 0 Å². The Morgan fingerprint density at radius 1 is 0.529 bits per heavy atom. The second-order valence-electron chi connectivity index (χ2n) is 24.9. The molecule has 0 bridgehead atoms. The van der Waals surface area contributed by atoms with Crippen LogP contribution in [0.1, 0.15) is 129 Å². The Balaban J connectivity index is 0.770. The lowest BCUT2D eigenvalue weighted by Crippen LogP contribution is -2.59. The maximum absolute atomic E-state index is 12.4. The van der Waals surface area contributed by atoms with Gasteiger partial charge in [-0.3, -0.25) is 9.97 Å². The highest BCUT2D eigenvalue weighted by Crippen LogP contribution is 2.69. The number of hydrogen-bond donors (Lipinski definition) is 8. The topological polar surface area (TPSA) is 225 Å². The van der Waals surface area contributed by atoms with Crippen LogP contribution in [-0.2, 0) is 44.6 Å². The van der Waals surface area contributed by atoms with E-state index in [1.165, 1.54) is 11.1 Å². The maximum Gasteiger partial charge on any atom is 0.186 e. The average molecular weight is 949 g/mol. The highest BCUT2D eigenvalue weighted by molar-refractivity contribution is 5.33. The summed E-state index contributed by atoms with van der Waals surface area (Å²) in [5.41, 5.74) is 6.72. The fourth-order valence-corrected chi connectivity index (χ4v) is 18.1. The van der Waals surface area contributed by atoms with Crippen molar-refractivity contribution in [3.05, 3.63) is 46.1 Å². The first kappa shape index (κ1) is 48.4. The molecule has 0 spiro atoms. The molecule has 378 valence electrons. The van der Waals surface area contributed by atoms with Crippen LogP contribution in [0.25, 0.3) is 0 Å². The largest absolute Gasteiger partial charge is 0.393 e. The number of rotatable bonds is 6. The molecule has 1 aromatic heterocycles. The smallest absolute Gasteiger partial charge is 0.186 e. The minimum atomic E-state index is -1.33. The predicted molar refractivity (Wildman–Crippen MR) is 248 cm³/mol. The Kier molecular flexibility index (Phi) is 12.3. The summed E-state index contributed by atoms with van der Waals surface area (Å²) in [4.78, 5) is 11.2. The van der Waals surface area contributed by atoms with Crippen LogP contribution >= 0.6 is 0 Å². The van der Waals surface area contributed by atoms with Crippen molar-refractivity contribution >= 4 is 0 Å². The zero-order valence-corrected chi connectivity index (χ0v) is 41.1. The molecule has 24 atom stereocenters. The van der Waals surface area contributed by atoms with Crippen molar-refractivity contribution in [1.82, 2.24) is 9.97 Å². The van der Waals surface area contributed by atoms with Crippen molar-refractivity contribution in [3.63, 3.8) is 0 Å².